The number of ether oxygens (including phenoxy) is 1. The first-order chi connectivity index (χ1) is 11.5. The molecule has 0 saturated carbocycles. The summed E-state index contributed by atoms with van der Waals surface area (Å²) in [7, 11) is 0. The highest BCUT2D eigenvalue weighted by atomic mass is 35.5. The quantitative estimate of drug-likeness (QED) is 0.775. The standard InChI is InChI=1S/C19H20ClNO3/c1-3-24-19(23)16-11(2)21-14-8-5-9-15(22)18(14)17(16)12-6-4-7-13(20)10-12/h4,6-7,10,16-17H,3,5,8-9H2,1-2H3/t16?,17-/m1/s1. The lowest BCUT2D eigenvalue weighted by molar-refractivity contribution is -0.146. The first kappa shape index (κ1) is 16.9. The molecule has 0 aromatic heterocycles. The maximum absolute atomic E-state index is 12.6. The molecule has 0 N–H and O–H groups in total. The topological polar surface area (TPSA) is 55.7 Å². The summed E-state index contributed by atoms with van der Waals surface area (Å²) in [6.07, 6.45) is 2.08. The number of aliphatic imine (C=N–C) groups is 1. The fourth-order valence-electron chi connectivity index (χ4n) is 3.60. The van der Waals surface area contributed by atoms with Crippen molar-refractivity contribution in [2.45, 2.75) is 39.0 Å². The Hall–Kier alpha value is -1.94. The summed E-state index contributed by atoms with van der Waals surface area (Å²) < 4.78 is 5.26. The number of Topliss-reactive ketones (excluding diaryl/α,β-unsaturated/α-hetero) is 1. The van der Waals surface area contributed by atoms with Crippen LogP contribution in [-0.4, -0.2) is 24.1 Å². The maximum Gasteiger partial charge on any atom is 0.315 e. The summed E-state index contributed by atoms with van der Waals surface area (Å²) in [6.45, 7) is 3.91. The number of hydrogen-bond acceptors (Lipinski definition) is 4. The van der Waals surface area contributed by atoms with E-state index >= 15 is 0 Å². The highest BCUT2D eigenvalue weighted by molar-refractivity contribution is 6.30. The largest absolute Gasteiger partial charge is 0.465 e. The second kappa shape index (κ2) is 6.89. The molecule has 0 saturated heterocycles. The van der Waals surface area contributed by atoms with Crippen molar-refractivity contribution in [1.29, 1.82) is 0 Å². The maximum atomic E-state index is 12.6. The van der Waals surface area contributed by atoms with Crippen LogP contribution in [0.15, 0.2) is 40.5 Å². The lowest BCUT2D eigenvalue weighted by atomic mass is 9.72. The first-order valence-electron chi connectivity index (χ1n) is 8.26. The first-order valence-corrected chi connectivity index (χ1v) is 8.64. The fraction of sp³-hybridized carbons (Fsp3) is 0.421. The predicted molar refractivity (Wildman–Crippen MR) is 93.3 cm³/mol. The third-order valence-corrected chi connectivity index (χ3v) is 4.82. The Morgan fingerprint density at radius 1 is 1.38 bits per heavy atom. The summed E-state index contributed by atoms with van der Waals surface area (Å²) in [6, 6.07) is 7.36. The number of esters is 1. The molecule has 1 heterocycles. The van der Waals surface area contributed by atoms with Crippen LogP contribution in [-0.2, 0) is 14.3 Å². The van der Waals surface area contributed by atoms with Gasteiger partial charge in [0.25, 0.3) is 0 Å². The van der Waals surface area contributed by atoms with Crippen LogP contribution in [0.4, 0.5) is 0 Å². The molecule has 24 heavy (non-hydrogen) atoms. The smallest absolute Gasteiger partial charge is 0.315 e. The average Bonchev–Trinajstić information content (AvgIpc) is 2.54. The minimum absolute atomic E-state index is 0.0757. The van der Waals surface area contributed by atoms with Gasteiger partial charge in [0, 0.05) is 34.3 Å². The average molecular weight is 346 g/mol. The van der Waals surface area contributed by atoms with Crippen molar-refractivity contribution in [3.8, 4) is 0 Å². The van der Waals surface area contributed by atoms with Gasteiger partial charge in [-0.05, 0) is 44.4 Å². The Balaban J connectivity index is 2.15. The van der Waals surface area contributed by atoms with E-state index in [1.54, 1.807) is 13.0 Å². The van der Waals surface area contributed by atoms with Crippen LogP contribution in [0.1, 0.15) is 44.6 Å². The molecule has 1 unspecified atom stereocenters. The summed E-state index contributed by atoms with van der Waals surface area (Å²) in [5.74, 6) is -1.22. The number of rotatable bonds is 3. The molecule has 1 aliphatic carbocycles. The normalized spacial score (nSPS) is 23.6. The fourth-order valence-corrected chi connectivity index (χ4v) is 3.80. The molecule has 0 spiro atoms. The van der Waals surface area contributed by atoms with Crippen molar-refractivity contribution < 1.29 is 14.3 Å². The van der Waals surface area contributed by atoms with Crippen LogP contribution in [0.5, 0.6) is 0 Å². The second-order valence-electron chi connectivity index (χ2n) is 6.15. The molecule has 1 aromatic rings. The second-order valence-corrected chi connectivity index (χ2v) is 6.59. The number of carbonyl (C=O) groups excluding carboxylic acids is 2. The van der Waals surface area contributed by atoms with E-state index in [1.165, 1.54) is 0 Å². The molecular formula is C19H20ClNO3. The van der Waals surface area contributed by atoms with E-state index in [2.05, 4.69) is 4.99 Å². The Bertz CT molecular complexity index is 751. The summed E-state index contributed by atoms with van der Waals surface area (Å²) >= 11 is 6.15. The van der Waals surface area contributed by atoms with Gasteiger partial charge >= 0.3 is 5.97 Å². The van der Waals surface area contributed by atoms with Crippen molar-refractivity contribution in [3.05, 3.63) is 46.1 Å². The van der Waals surface area contributed by atoms with Crippen LogP contribution < -0.4 is 0 Å². The van der Waals surface area contributed by atoms with Gasteiger partial charge in [0.1, 0.15) is 5.92 Å². The molecular weight excluding hydrogens is 326 g/mol. The van der Waals surface area contributed by atoms with E-state index in [-0.39, 0.29) is 17.7 Å². The zero-order valence-electron chi connectivity index (χ0n) is 13.8. The van der Waals surface area contributed by atoms with Crippen LogP contribution in [0, 0.1) is 5.92 Å². The Labute approximate surface area is 146 Å². The Morgan fingerprint density at radius 2 is 2.17 bits per heavy atom. The third-order valence-electron chi connectivity index (χ3n) is 4.58. The number of halogens is 1. The van der Waals surface area contributed by atoms with Crippen LogP contribution >= 0.6 is 11.6 Å². The van der Waals surface area contributed by atoms with Gasteiger partial charge in [-0.1, -0.05) is 23.7 Å². The molecule has 5 heteroatoms. The van der Waals surface area contributed by atoms with Crippen molar-refractivity contribution in [2.24, 2.45) is 10.9 Å². The van der Waals surface area contributed by atoms with E-state index in [0.29, 0.717) is 29.3 Å². The van der Waals surface area contributed by atoms with Gasteiger partial charge in [-0.2, -0.15) is 0 Å². The van der Waals surface area contributed by atoms with Gasteiger partial charge in [-0.25, -0.2) is 0 Å². The summed E-state index contributed by atoms with van der Waals surface area (Å²) in [5, 5.41) is 0.584. The molecule has 0 radical (unpaired) electrons. The Kier molecular flexibility index (Phi) is 4.86. The van der Waals surface area contributed by atoms with Gasteiger partial charge < -0.3 is 4.74 Å². The third kappa shape index (κ3) is 3.03. The molecule has 0 fully saturated rings. The highest BCUT2D eigenvalue weighted by Crippen LogP contribution is 2.43. The SMILES string of the molecule is CCOC(=O)C1C(C)=NC2=C(C(=O)CCC2)[C@@H]1c1cccc(Cl)c1. The number of ketones is 1. The van der Waals surface area contributed by atoms with E-state index in [1.807, 2.05) is 25.1 Å². The highest BCUT2D eigenvalue weighted by Gasteiger charge is 2.43. The van der Waals surface area contributed by atoms with Gasteiger partial charge in [-0.3, -0.25) is 14.6 Å². The molecule has 0 bridgehead atoms. The number of hydrogen-bond donors (Lipinski definition) is 0. The molecule has 1 aliphatic heterocycles. The van der Waals surface area contributed by atoms with E-state index in [9.17, 15) is 9.59 Å². The molecule has 3 rings (SSSR count). The molecule has 2 atom stereocenters. The van der Waals surface area contributed by atoms with Crippen molar-refractivity contribution in [3.63, 3.8) is 0 Å². The van der Waals surface area contributed by atoms with Gasteiger partial charge in [0.15, 0.2) is 5.78 Å². The molecule has 0 amide bonds. The predicted octanol–water partition coefficient (Wildman–Crippen LogP) is 4.08. The lowest BCUT2D eigenvalue weighted by Crippen LogP contribution is -2.37. The monoisotopic (exact) mass is 345 g/mol. The minimum Gasteiger partial charge on any atom is -0.465 e. The zero-order chi connectivity index (χ0) is 17.3. The van der Waals surface area contributed by atoms with E-state index < -0.39 is 5.92 Å². The number of allylic oxidation sites excluding steroid dienone is 2. The molecule has 126 valence electrons. The number of benzene rings is 1. The Morgan fingerprint density at radius 3 is 2.88 bits per heavy atom. The van der Waals surface area contributed by atoms with E-state index in [4.69, 9.17) is 16.3 Å². The number of carbonyl (C=O) groups is 2. The van der Waals surface area contributed by atoms with Crippen LogP contribution in [0.3, 0.4) is 0 Å². The van der Waals surface area contributed by atoms with Crippen LogP contribution in [0.25, 0.3) is 0 Å². The van der Waals surface area contributed by atoms with Crippen LogP contribution in [0.2, 0.25) is 5.02 Å². The lowest BCUT2D eigenvalue weighted by Gasteiger charge is -2.34. The van der Waals surface area contributed by atoms with E-state index in [0.717, 1.165) is 24.1 Å². The summed E-state index contributed by atoms with van der Waals surface area (Å²) in [4.78, 5) is 29.8. The number of nitrogens with zero attached hydrogens (tertiary/aromatic N) is 1. The molecule has 4 nitrogen and oxygen atoms in total. The van der Waals surface area contributed by atoms with Crippen molar-refractivity contribution >= 4 is 29.1 Å². The van der Waals surface area contributed by atoms with Crippen molar-refractivity contribution in [1.82, 2.24) is 0 Å². The van der Waals surface area contributed by atoms with Gasteiger partial charge in [0.05, 0.1) is 6.61 Å². The zero-order valence-corrected chi connectivity index (χ0v) is 14.6. The molecule has 1 aromatic carbocycles. The minimum atomic E-state index is -0.579. The van der Waals surface area contributed by atoms with Gasteiger partial charge in [0.2, 0.25) is 0 Å². The molecule has 2 aliphatic rings. The van der Waals surface area contributed by atoms with Crippen molar-refractivity contribution in [2.75, 3.05) is 6.61 Å². The van der Waals surface area contributed by atoms with Gasteiger partial charge in [-0.15, -0.1) is 0 Å². The summed E-state index contributed by atoms with van der Waals surface area (Å²) in [5.41, 5.74) is 3.03.